The SMILES string of the molecule is CCC(C)NC(=NC)NCC1(C2CC2)CCC1. The minimum atomic E-state index is 0.500. The molecule has 0 amide bonds. The Balaban J connectivity index is 1.79. The maximum Gasteiger partial charge on any atom is 0.191 e. The van der Waals surface area contributed by atoms with Crippen molar-refractivity contribution in [2.45, 2.75) is 58.4 Å². The molecule has 2 saturated carbocycles. The van der Waals surface area contributed by atoms with E-state index in [1.807, 2.05) is 7.05 Å². The Morgan fingerprint density at radius 1 is 1.41 bits per heavy atom. The first-order valence-electron chi connectivity index (χ1n) is 7.17. The summed E-state index contributed by atoms with van der Waals surface area (Å²) >= 11 is 0. The van der Waals surface area contributed by atoms with Gasteiger partial charge in [-0.05, 0) is 50.4 Å². The van der Waals surface area contributed by atoms with Crippen LogP contribution in [0.25, 0.3) is 0 Å². The van der Waals surface area contributed by atoms with Crippen molar-refractivity contribution >= 4 is 5.96 Å². The van der Waals surface area contributed by atoms with Crippen molar-refractivity contribution in [3.63, 3.8) is 0 Å². The summed E-state index contributed by atoms with van der Waals surface area (Å²) in [6.07, 6.45) is 8.32. The monoisotopic (exact) mass is 237 g/mol. The van der Waals surface area contributed by atoms with Crippen LogP contribution in [0.15, 0.2) is 4.99 Å². The van der Waals surface area contributed by atoms with E-state index in [0.717, 1.165) is 24.8 Å². The van der Waals surface area contributed by atoms with Gasteiger partial charge in [0.05, 0.1) is 0 Å². The van der Waals surface area contributed by atoms with Crippen LogP contribution >= 0.6 is 0 Å². The van der Waals surface area contributed by atoms with Gasteiger partial charge in [0, 0.05) is 19.6 Å². The van der Waals surface area contributed by atoms with Crippen LogP contribution in [0.2, 0.25) is 0 Å². The number of nitrogens with zero attached hydrogens (tertiary/aromatic N) is 1. The maximum absolute atomic E-state index is 4.31. The second-order valence-corrected chi connectivity index (χ2v) is 5.87. The van der Waals surface area contributed by atoms with Crippen molar-refractivity contribution in [2.24, 2.45) is 16.3 Å². The van der Waals surface area contributed by atoms with Crippen molar-refractivity contribution in [2.75, 3.05) is 13.6 Å². The quantitative estimate of drug-likeness (QED) is 0.569. The first kappa shape index (κ1) is 12.7. The van der Waals surface area contributed by atoms with Crippen LogP contribution < -0.4 is 10.6 Å². The molecule has 0 heterocycles. The lowest BCUT2D eigenvalue weighted by molar-refractivity contribution is 0.106. The molecule has 1 atom stereocenters. The number of nitrogens with one attached hydrogen (secondary N) is 2. The molecular formula is C14H27N3. The largest absolute Gasteiger partial charge is 0.356 e. The van der Waals surface area contributed by atoms with E-state index in [-0.39, 0.29) is 0 Å². The fourth-order valence-corrected chi connectivity index (χ4v) is 2.85. The number of guanidine groups is 1. The first-order chi connectivity index (χ1) is 8.20. The molecule has 98 valence electrons. The van der Waals surface area contributed by atoms with Crippen LogP contribution in [0.5, 0.6) is 0 Å². The van der Waals surface area contributed by atoms with E-state index in [2.05, 4.69) is 29.5 Å². The van der Waals surface area contributed by atoms with E-state index in [0.29, 0.717) is 11.5 Å². The van der Waals surface area contributed by atoms with Crippen LogP contribution in [-0.4, -0.2) is 25.6 Å². The molecule has 17 heavy (non-hydrogen) atoms. The summed E-state index contributed by atoms with van der Waals surface area (Å²) in [5.41, 5.74) is 0.618. The molecule has 2 aliphatic rings. The van der Waals surface area contributed by atoms with E-state index >= 15 is 0 Å². The van der Waals surface area contributed by atoms with Gasteiger partial charge in [0.1, 0.15) is 0 Å². The highest BCUT2D eigenvalue weighted by Gasteiger charge is 2.48. The summed E-state index contributed by atoms with van der Waals surface area (Å²) in [5, 5.41) is 6.97. The smallest absolute Gasteiger partial charge is 0.191 e. The van der Waals surface area contributed by atoms with Gasteiger partial charge >= 0.3 is 0 Å². The van der Waals surface area contributed by atoms with E-state index in [9.17, 15) is 0 Å². The van der Waals surface area contributed by atoms with E-state index < -0.39 is 0 Å². The second-order valence-electron chi connectivity index (χ2n) is 5.87. The molecule has 2 rings (SSSR count). The molecule has 3 heteroatoms. The molecule has 0 radical (unpaired) electrons. The molecule has 0 spiro atoms. The average molecular weight is 237 g/mol. The molecule has 2 aliphatic carbocycles. The molecular weight excluding hydrogens is 210 g/mol. The molecule has 0 aromatic heterocycles. The zero-order valence-corrected chi connectivity index (χ0v) is 11.6. The Morgan fingerprint density at radius 3 is 2.53 bits per heavy atom. The maximum atomic E-state index is 4.31. The molecule has 0 bridgehead atoms. The Bertz CT molecular complexity index is 277. The zero-order chi connectivity index (χ0) is 12.3. The van der Waals surface area contributed by atoms with Gasteiger partial charge in [0.25, 0.3) is 0 Å². The zero-order valence-electron chi connectivity index (χ0n) is 11.6. The van der Waals surface area contributed by atoms with Gasteiger partial charge in [0.2, 0.25) is 0 Å². The average Bonchev–Trinajstić information content (AvgIpc) is 3.10. The lowest BCUT2D eigenvalue weighted by Crippen LogP contribution is -2.49. The molecule has 0 aromatic carbocycles. The minimum Gasteiger partial charge on any atom is -0.356 e. The second kappa shape index (κ2) is 5.28. The van der Waals surface area contributed by atoms with Gasteiger partial charge in [0.15, 0.2) is 5.96 Å². The number of hydrogen-bond donors (Lipinski definition) is 2. The minimum absolute atomic E-state index is 0.500. The van der Waals surface area contributed by atoms with Crippen LogP contribution in [0, 0.1) is 11.3 Å². The summed E-state index contributed by atoms with van der Waals surface area (Å²) in [5.74, 6) is 1.98. The molecule has 0 aliphatic heterocycles. The van der Waals surface area contributed by atoms with E-state index in [4.69, 9.17) is 0 Å². The van der Waals surface area contributed by atoms with E-state index in [1.54, 1.807) is 0 Å². The molecule has 2 N–H and O–H groups in total. The summed E-state index contributed by atoms with van der Waals surface area (Å²) in [6, 6.07) is 0.500. The number of rotatable bonds is 5. The summed E-state index contributed by atoms with van der Waals surface area (Å²) < 4.78 is 0. The van der Waals surface area contributed by atoms with Gasteiger partial charge in [-0.1, -0.05) is 13.3 Å². The van der Waals surface area contributed by atoms with Crippen LogP contribution in [0.1, 0.15) is 52.4 Å². The fourth-order valence-electron chi connectivity index (χ4n) is 2.85. The molecule has 3 nitrogen and oxygen atoms in total. The molecule has 0 aromatic rings. The Labute approximate surface area is 105 Å². The van der Waals surface area contributed by atoms with Crippen LogP contribution in [0.4, 0.5) is 0 Å². The Hall–Kier alpha value is -0.730. The van der Waals surface area contributed by atoms with E-state index in [1.165, 1.54) is 32.1 Å². The van der Waals surface area contributed by atoms with Gasteiger partial charge in [-0.25, -0.2) is 0 Å². The predicted octanol–water partition coefficient (Wildman–Crippen LogP) is 2.53. The fraction of sp³-hybridized carbons (Fsp3) is 0.929. The summed E-state index contributed by atoms with van der Waals surface area (Å²) in [7, 11) is 1.86. The third kappa shape index (κ3) is 2.93. The topological polar surface area (TPSA) is 36.4 Å². The van der Waals surface area contributed by atoms with Crippen LogP contribution in [-0.2, 0) is 0 Å². The molecule has 1 unspecified atom stereocenters. The third-order valence-corrected chi connectivity index (χ3v) is 4.62. The van der Waals surface area contributed by atoms with Crippen molar-refractivity contribution in [3.8, 4) is 0 Å². The highest BCUT2D eigenvalue weighted by molar-refractivity contribution is 5.79. The van der Waals surface area contributed by atoms with Crippen molar-refractivity contribution in [1.29, 1.82) is 0 Å². The first-order valence-corrected chi connectivity index (χ1v) is 7.17. The van der Waals surface area contributed by atoms with Gasteiger partial charge in [-0.3, -0.25) is 4.99 Å². The standard InChI is InChI=1S/C14H27N3/c1-4-11(2)17-13(15-3)16-10-14(8-5-9-14)12-6-7-12/h11-12H,4-10H2,1-3H3,(H2,15,16,17). The van der Waals surface area contributed by atoms with Gasteiger partial charge in [-0.2, -0.15) is 0 Å². The van der Waals surface area contributed by atoms with Crippen LogP contribution in [0.3, 0.4) is 0 Å². The third-order valence-electron chi connectivity index (χ3n) is 4.62. The number of hydrogen-bond acceptors (Lipinski definition) is 1. The Morgan fingerprint density at radius 2 is 2.12 bits per heavy atom. The van der Waals surface area contributed by atoms with Gasteiger partial charge in [-0.15, -0.1) is 0 Å². The van der Waals surface area contributed by atoms with Crippen molar-refractivity contribution < 1.29 is 0 Å². The normalized spacial score (nSPS) is 25.0. The summed E-state index contributed by atoms with van der Waals surface area (Å²) in [4.78, 5) is 4.31. The molecule has 2 fully saturated rings. The lowest BCUT2D eigenvalue weighted by Gasteiger charge is -2.43. The highest BCUT2D eigenvalue weighted by atomic mass is 15.2. The predicted molar refractivity (Wildman–Crippen MR) is 73.3 cm³/mol. The van der Waals surface area contributed by atoms with Crippen molar-refractivity contribution in [1.82, 2.24) is 10.6 Å². The highest BCUT2D eigenvalue weighted by Crippen LogP contribution is 2.56. The molecule has 0 saturated heterocycles. The number of aliphatic imine (C=N–C) groups is 1. The van der Waals surface area contributed by atoms with Gasteiger partial charge < -0.3 is 10.6 Å². The van der Waals surface area contributed by atoms with Crippen molar-refractivity contribution in [3.05, 3.63) is 0 Å². The Kier molecular flexibility index (Phi) is 3.95. The summed E-state index contributed by atoms with van der Waals surface area (Å²) in [6.45, 7) is 5.52. The lowest BCUT2D eigenvalue weighted by atomic mass is 9.65.